The topological polar surface area (TPSA) is 20.2 Å². The van der Waals surface area contributed by atoms with Crippen molar-refractivity contribution in [2.45, 2.75) is 24.6 Å². The summed E-state index contributed by atoms with van der Waals surface area (Å²) >= 11 is 6.42. The maximum absolute atomic E-state index is 9.55. The number of hydrogen-bond acceptors (Lipinski definition) is 1. The summed E-state index contributed by atoms with van der Waals surface area (Å²) in [6.07, 6.45) is 2.14. The molecule has 3 atom stereocenters. The third-order valence-electron chi connectivity index (χ3n) is 3.56. The summed E-state index contributed by atoms with van der Waals surface area (Å²) in [5, 5.41) is 9.55. The standard InChI is InChI=1S/C13H13ClO/c1-7-3-9(5-10(15)4-7)12-11-8(2)6-13(11,12)14/h3-6,11-12,15H,1-2H3. The maximum Gasteiger partial charge on any atom is 0.116 e. The predicted octanol–water partition coefficient (Wildman–Crippen LogP) is 3.35. The van der Waals surface area contributed by atoms with Gasteiger partial charge in [0.25, 0.3) is 0 Å². The second kappa shape index (κ2) is 2.59. The normalized spacial score (nSPS) is 36.6. The molecule has 1 aromatic carbocycles. The Morgan fingerprint density at radius 3 is 2.40 bits per heavy atom. The lowest BCUT2D eigenvalue weighted by Crippen LogP contribution is -2.09. The summed E-state index contributed by atoms with van der Waals surface area (Å²) in [5.74, 6) is 1.22. The van der Waals surface area contributed by atoms with Crippen LogP contribution in [0.5, 0.6) is 5.75 Å². The molecule has 0 spiro atoms. The predicted molar refractivity (Wildman–Crippen MR) is 61.4 cm³/mol. The fourth-order valence-corrected chi connectivity index (χ4v) is 3.59. The van der Waals surface area contributed by atoms with Gasteiger partial charge in [0.05, 0.1) is 4.87 Å². The van der Waals surface area contributed by atoms with Crippen LogP contribution in [-0.2, 0) is 0 Å². The molecule has 0 aromatic heterocycles. The molecule has 1 aromatic rings. The van der Waals surface area contributed by atoms with Gasteiger partial charge in [-0.3, -0.25) is 0 Å². The lowest BCUT2D eigenvalue weighted by molar-refractivity contribution is 0.474. The molecular weight excluding hydrogens is 208 g/mol. The van der Waals surface area contributed by atoms with Gasteiger partial charge in [-0.2, -0.15) is 0 Å². The van der Waals surface area contributed by atoms with E-state index in [1.165, 1.54) is 11.1 Å². The minimum absolute atomic E-state index is 0.135. The van der Waals surface area contributed by atoms with Gasteiger partial charge in [-0.05, 0) is 37.1 Å². The van der Waals surface area contributed by atoms with Crippen LogP contribution in [0, 0.1) is 12.8 Å². The van der Waals surface area contributed by atoms with Gasteiger partial charge in [-0.15, -0.1) is 11.6 Å². The first-order valence-electron chi connectivity index (χ1n) is 5.21. The molecule has 1 nitrogen and oxygen atoms in total. The van der Waals surface area contributed by atoms with Crippen LogP contribution in [0.1, 0.15) is 24.0 Å². The Morgan fingerprint density at radius 2 is 1.93 bits per heavy atom. The highest BCUT2D eigenvalue weighted by atomic mass is 35.5. The molecule has 0 radical (unpaired) electrons. The molecule has 3 unspecified atom stereocenters. The van der Waals surface area contributed by atoms with E-state index in [-0.39, 0.29) is 4.87 Å². The Bertz CT molecular complexity index is 457. The van der Waals surface area contributed by atoms with Crippen LogP contribution >= 0.6 is 11.6 Å². The van der Waals surface area contributed by atoms with Crippen LogP contribution in [0.2, 0.25) is 0 Å². The van der Waals surface area contributed by atoms with Crippen LogP contribution in [0.3, 0.4) is 0 Å². The molecule has 15 heavy (non-hydrogen) atoms. The SMILES string of the molecule is CC1=CC2(Cl)C1C2c1cc(C)cc(O)c1. The largest absolute Gasteiger partial charge is 0.508 e. The van der Waals surface area contributed by atoms with E-state index in [2.05, 4.69) is 19.1 Å². The number of rotatable bonds is 1. The number of allylic oxidation sites excluding steroid dienone is 2. The van der Waals surface area contributed by atoms with Crippen LogP contribution in [0.15, 0.2) is 29.8 Å². The van der Waals surface area contributed by atoms with Gasteiger partial charge in [0, 0.05) is 11.8 Å². The minimum Gasteiger partial charge on any atom is -0.508 e. The Morgan fingerprint density at radius 1 is 1.20 bits per heavy atom. The Balaban J connectivity index is 1.98. The molecule has 2 heteroatoms. The molecule has 2 aliphatic rings. The van der Waals surface area contributed by atoms with E-state index in [9.17, 15) is 5.11 Å². The summed E-state index contributed by atoms with van der Waals surface area (Å²) in [4.78, 5) is -0.135. The lowest BCUT2D eigenvalue weighted by Gasteiger charge is -2.13. The van der Waals surface area contributed by atoms with Crippen molar-refractivity contribution in [2.75, 3.05) is 0 Å². The molecule has 3 rings (SSSR count). The summed E-state index contributed by atoms with van der Waals surface area (Å²) in [7, 11) is 0. The molecule has 0 saturated heterocycles. The molecule has 2 aliphatic carbocycles. The molecule has 78 valence electrons. The van der Waals surface area contributed by atoms with Crippen LogP contribution in [0.4, 0.5) is 0 Å². The number of alkyl halides is 1. The van der Waals surface area contributed by atoms with Crippen molar-refractivity contribution in [1.82, 2.24) is 0 Å². The summed E-state index contributed by atoms with van der Waals surface area (Å²) < 4.78 is 0. The van der Waals surface area contributed by atoms with Gasteiger partial charge in [-0.25, -0.2) is 0 Å². The van der Waals surface area contributed by atoms with Gasteiger partial charge >= 0.3 is 0 Å². The summed E-state index contributed by atoms with van der Waals surface area (Å²) in [5.41, 5.74) is 3.64. The average Bonchev–Trinajstić information content (AvgIpc) is 2.61. The zero-order valence-electron chi connectivity index (χ0n) is 8.79. The number of aromatic hydroxyl groups is 1. The number of phenolic OH excluding ortho intramolecular Hbond substituents is 1. The summed E-state index contributed by atoms with van der Waals surface area (Å²) in [6.45, 7) is 4.12. The fourth-order valence-electron chi connectivity index (χ4n) is 2.93. The third-order valence-corrected chi connectivity index (χ3v) is 4.14. The number of hydrogen-bond donors (Lipinski definition) is 1. The highest BCUT2D eigenvalue weighted by Crippen LogP contribution is 2.72. The molecule has 0 aliphatic heterocycles. The molecular formula is C13H13ClO. The van der Waals surface area contributed by atoms with Crippen LogP contribution in [-0.4, -0.2) is 9.98 Å². The van der Waals surface area contributed by atoms with Crippen molar-refractivity contribution >= 4 is 11.6 Å². The number of aryl methyl sites for hydroxylation is 1. The van der Waals surface area contributed by atoms with Crippen LogP contribution in [0.25, 0.3) is 0 Å². The second-order valence-electron chi connectivity index (χ2n) is 4.77. The van der Waals surface area contributed by atoms with E-state index >= 15 is 0 Å². The first-order valence-corrected chi connectivity index (χ1v) is 5.59. The van der Waals surface area contributed by atoms with Gasteiger partial charge < -0.3 is 5.11 Å². The Kier molecular flexibility index (Phi) is 1.60. The van der Waals surface area contributed by atoms with Crippen molar-refractivity contribution in [2.24, 2.45) is 5.92 Å². The van der Waals surface area contributed by atoms with Crippen molar-refractivity contribution < 1.29 is 5.11 Å². The van der Waals surface area contributed by atoms with E-state index in [4.69, 9.17) is 11.6 Å². The summed E-state index contributed by atoms with van der Waals surface area (Å²) in [6, 6.07) is 5.73. The fraction of sp³-hybridized carbons (Fsp3) is 0.385. The highest BCUT2D eigenvalue weighted by molar-refractivity contribution is 6.30. The van der Waals surface area contributed by atoms with Gasteiger partial charge in [-0.1, -0.05) is 17.7 Å². The van der Waals surface area contributed by atoms with Crippen LogP contribution < -0.4 is 0 Å². The van der Waals surface area contributed by atoms with Crippen molar-refractivity contribution in [3.8, 4) is 5.75 Å². The monoisotopic (exact) mass is 220 g/mol. The number of fused-ring (bicyclic) bond motifs is 1. The number of phenols is 1. The van der Waals surface area contributed by atoms with E-state index in [1.807, 2.05) is 13.0 Å². The highest BCUT2D eigenvalue weighted by Gasteiger charge is 2.69. The van der Waals surface area contributed by atoms with E-state index in [0.717, 1.165) is 5.56 Å². The first kappa shape index (κ1) is 9.29. The number of halogens is 1. The zero-order chi connectivity index (χ0) is 10.8. The first-order chi connectivity index (χ1) is 7.02. The van der Waals surface area contributed by atoms with Gasteiger partial charge in [0.1, 0.15) is 5.75 Å². The Hall–Kier alpha value is -0.950. The molecule has 0 amide bonds. The van der Waals surface area contributed by atoms with Gasteiger partial charge in [0.15, 0.2) is 0 Å². The lowest BCUT2D eigenvalue weighted by atomic mass is 10.0. The van der Waals surface area contributed by atoms with Gasteiger partial charge in [0.2, 0.25) is 0 Å². The second-order valence-corrected chi connectivity index (χ2v) is 5.43. The quantitative estimate of drug-likeness (QED) is 0.569. The molecule has 1 saturated carbocycles. The maximum atomic E-state index is 9.55. The average molecular weight is 221 g/mol. The van der Waals surface area contributed by atoms with E-state index in [1.54, 1.807) is 6.07 Å². The number of benzene rings is 1. The Labute approximate surface area is 94.4 Å². The molecule has 0 bridgehead atoms. The van der Waals surface area contributed by atoms with Crippen molar-refractivity contribution in [3.63, 3.8) is 0 Å². The molecule has 1 N–H and O–H groups in total. The van der Waals surface area contributed by atoms with Crippen molar-refractivity contribution in [1.29, 1.82) is 0 Å². The molecule has 0 heterocycles. The zero-order valence-corrected chi connectivity index (χ0v) is 9.55. The van der Waals surface area contributed by atoms with E-state index in [0.29, 0.717) is 17.6 Å². The smallest absolute Gasteiger partial charge is 0.116 e. The van der Waals surface area contributed by atoms with E-state index < -0.39 is 0 Å². The molecule has 1 fully saturated rings. The third kappa shape index (κ3) is 1.10. The van der Waals surface area contributed by atoms with Crippen molar-refractivity contribution in [3.05, 3.63) is 41.0 Å². The minimum atomic E-state index is -0.135.